The van der Waals surface area contributed by atoms with Gasteiger partial charge >= 0.3 is 0 Å². The summed E-state index contributed by atoms with van der Waals surface area (Å²) < 4.78 is 13.0. The first-order valence-corrected chi connectivity index (χ1v) is 6.51. The van der Waals surface area contributed by atoms with E-state index < -0.39 is 0 Å². The molecule has 0 saturated carbocycles. The molecule has 2 aromatic rings. The molecule has 104 valence electrons. The van der Waals surface area contributed by atoms with Gasteiger partial charge in [0, 0.05) is 24.2 Å². The molecule has 0 bridgehead atoms. The molecule has 1 aromatic carbocycles. The van der Waals surface area contributed by atoms with Gasteiger partial charge in [-0.3, -0.25) is 0 Å². The highest BCUT2D eigenvalue weighted by Gasteiger charge is 2.09. The lowest BCUT2D eigenvalue weighted by atomic mass is 10.2. The SMILES string of the molecule is COc1cc2ccn(CCCN(C)C)c2cc1OC. The van der Waals surface area contributed by atoms with Crippen molar-refractivity contribution in [3.63, 3.8) is 0 Å². The molecule has 19 heavy (non-hydrogen) atoms. The fraction of sp³-hybridized carbons (Fsp3) is 0.467. The molecular weight excluding hydrogens is 240 g/mol. The van der Waals surface area contributed by atoms with Crippen molar-refractivity contribution in [2.75, 3.05) is 34.9 Å². The number of ether oxygens (including phenoxy) is 2. The van der Waals surface area contributed by atoms with Gasteiger partial charge in [0.15, 0.2) is 11.5 Å². The average molecular weight is 262 g/mol. The van der Waals surface area contributed by atoms with Gasteiger partial charge in [-0.2, -0.15) is 0 Å². The minimum atomic E-state index is 0.779. The predicted molar refractivity (Wildman–Crippen MR) is 78.2 cm³/mol. The Morgan fingerprint density at radius 2 is 1.79 bits per heavy atom. The Hall–Kier alpha value is -1.68. The van der Waals surface area contributed by atoms with Crippen molar-refractivity contribution in [1.29, 1.82) is 0 Å². The van der Waals surface area contributed by atoms with E-state index in [1.165, 1.54) is 10.9 Å². The van der Waals surface area contributed by atoms with E-state index in [4.69, 9.17) is 9.47 Å². The van der Waals surface area contributed by atoms with Crippen LogP contribution in [0.25, 0.3) is 10.9 Å². The fourth-order valence-electron chi connectivity index (χ4n) is 2.27. The summed E-state index contributed by atoms with van der Waals surface area (Å²) in [5.74, 6) is 1.56. The van der Waals surface area contributed by atoms with E-state index in [0.29, 0.717) is 0 Å². The molecule has 0 spiro atoms. The molecule has 0 radical (unpaired) electrons. The van der Waals surface area contributed by atoms with Crippen molar-refractivity contribution in [1.82, 2.24) is 9.47 Å². The van der Waals surface area contributed by atoms with Crippen molar-refractivity contribution in [3.8, 4) is 11.5 Å². The first kappa shape index (κ1) is 13.7. The highest BCUT2D eigenvalue weighted by atomic mass is 16.5. The van der Waals surface area contributed by atoms with Gasteiger partial charge in [0.1, 0.15) is 0 Å². The lowest BCUT2D eigenvalue weighted by Gasteiger charge is -2.12. The lowest BCUT2D eigenvalue weighted by Crippen LogP contribution is -2.14. The molecule has 2 rings (SSSR count). The molecule has 0 aliphatic rings. The highest BCUT2D eigenvalue weighted by molar-refractivity contribution is 5.84. The highest BCUT2D eigenvalue weighted by Crippen LogP contribution is 2.32. The summed E-state index contributed by atoms with van der Waals surface area (Å²) in [6.07, 6.45) is 3.25. The third-order valence-electron chi connectivity index (χ3n) is 3.28. The smallest absolute Gasteiger partial charge is 0.162 e. The number of hydrogen-bond acceptors (Lipinski definition) is 3. The zero-order valence-electron chi connectivity index (χ0n) is 12.1. The van der Waals surface area contributed by atoms with Crippen molar-refractivity contribution in [2.24, 2.45) is 0 Å². The topological polar surface area (TPSA) is 26.6 Å². The van der Waals surface area contributed by atoms with Crippen LogP contribution in [0.1, 0.15) is 6.42 Å². The van der Waals surface area contributed by atoms with Crippen LogP contribution in [0.2, 0.25) is 0 Å². The number of methoxy groups -OCH3 is 2. The predicted octanol–water partition coefficient (Wildman–Crippen LogP) is 2.61. The van der Waals surface area contributed by atoms with Crippen LogP contribution in [0.5, 0.6) is 11.5 Å². The van der Waals surface area contributed by atoms with E-state index >= 15 is 0 Å². The number of nitrogens with zero attached hydrogens (tertiary/aromatic N) is 2. The third-order valence-corrected chi connectivity index (χ3v) is 3.28. The Balaban J connectivity index is 2.26. The van der Waals surface area contributed by atoms with E-state index in [0.717, 1.165) is 31.0 Å². The van der Waals surface area contributed by atoms with Gasteiger partial charge in [-0.05, 0) is 39.2 Å². The first-order valence-electron chi connectivity index (χ1n) is 6.51. The van der Waals surface area contributed by atoms with Gasteiger partial charge < -0.3 is 18.9 Å². The van der Waals surface area contributed by atoms with Crippen molar-refractivity contribution < 1.29 is 9.47 Å². The Kier molecular flexibility index (Phi) is 4.32. The molecule has 0 atom stereocenters. The summed E-state index contributed by atoms with van der Waals surface area (Å²) in [5, 5.41) is 1.18. The summed E-state index contributed by atoms with van der Waals surface area (Å²) in [4.78, 5) is 2.20. The van der Waals surface area contributed by atoms with Gasteiger partial charge in [0.2, 0.25) is 0 Å². The summed E-state index contributed by atoms with van der Waals surface area (Å²) in [6, 6.07) is 6.19. The standard InChI is InChI=1S/C15H22N2O2/c1-16(2)7-5-8-17-9-6-12-10-14(18-3)15(19-4)11-13(12)17/h6,9-11H,5,7-8H2,1-4H3. The van der Waals surface area contributed by atoms with Crippen LogP contribution in [-0.2, 0) is 6.54 Å². The van der Waals surface area contributed by atoms with E-state index in [2.05, 4.69) is 35.8 Å². The quantitative estimate of drug-likeness (QED) is 0.800. The Morgan fingerprint density at radius 1 is 1.11 bits per heavy atom. The van der Waals surface area contributed by atoms with Gasteiger partial charge in [-0.15, -0.1) is 0 Å². The second-order valence-electron chi connectivity index (χ2n) is 4.93. The van der Waals surface area contributed by atoms with E-state index in [1.54, 1.807) is 14.2 Å². The molecule has 0 unspecified atom stereocenters. The number of fused-ring (bicyclic) bond motifs is 1. The maximum Gasteiger partial charge on any atom is 0.162 e. The normalized spacial score (nSPS) is 11.2. The van der Waals surface area contributed by atoms with Crippen molar-refractivity contribution in [3.05, 3.63) is 24.4 Å². The van der Waals surface area contributed by atoms with E-state index in [-0.39, 0.29) is 0 Å². The maximum absolute atomic E-state index is 5.36. The van der Waals surface area contributed by atoms with Gasteiger partial charge in [-0.25, -0.2) is 0 Å². The largest absolute Gasteiger partial charge is 0.493 e. The molecule has 0 aliphatic carbocycles. The molecule has 0 aliphatic heterocycles. The molecule has 0 fully saturated rings. The molecule has 1 heterocycles. The number of rotatable bonds is 6. The van der Waals surface area contributed by atoms with Crippen LogP contribution in [0.15, 0.2) is 24.4 Å². The summed E-state index contributed by atoms with van der Waals surface area (Å²) in [7, 11) is 7.53. The fourth-order valence-corrected chi connectivity index (χ4v) is 2.27. The number of aromatic nitrogens is 1. The summed E-state index contributed by atoms with van der Waals surface area (Å²) in [6.45, 7) is 2.10. The van der Waals surface area contributed by atoms with Gasteiger partial charge in [0.05, 0.1) is 19.7 Å². The third kappa shape index (κ3) is 3.01. The molecule has 0 saturated heterocycles. The van der Waals surface area contributed by atoms with Gasteiger partial charge in [0.25, 0.3) is 0 Å². The monoisotopic (exact) mass is 262 g/mol. The van der Waals surface area contributed by atoms with Crippen LogP contribution in [0.3, 0.4) is 0 Å². The van der Waals surface area contributed by atoms with Crippen LogP contribution < -0.4 is 9.47 Å². The van der Waals surface area contributed by atoms with E-state index in [9.17, 15) is 0 Å². The Morgan fingerprint density at radius 3 is 2.42 bits per heavy atom. The maximum atomic E-state index is 5.36. The van der Waals surface area contributed by atoms with Crippen LogP contribution in [0.4, 0.5) is 0 Å². The zero-order chi connectivity index (χ0) is 13.8. The molecule has 4 nitrogen and oxygen atoms in total. The molecule has 1 aromatic heterocycles. The van der Waals surface area contributed by atoms with Crippen molar-refractivity contribution >= 4 is 10.9 Å². The van der Waals surface area contributed by atoms with Crippen molar-refractivity contribution in [2.45, 2.75) is 13.0 Å². The van der Waals surface area contributed by atoms with Crippen LogP contribution in [0, 0.1) is 0 Å². The first-order chi connectivity index (χ1) is 9.15. The number of hydrogen-bond donors (Lipinski definition) is 0. The molecule has 4 heteroatoms. The Bertz CT molecular complexity index is 546. The van der Waals surface area contributed by atoms with Crippen LogP contribution in [-0.4, -0.2) is 44.3 Å². The molecular formula is C15H22N2O2. The van der Waals surface area contributed by atoms with Crippen LogP contribution >= 0.6 is 0 Å². The Labute approximate surface area is 114 Å². The number of benzene rings is 1. The summed E-state index contributed by atoms with van der Waals surface area (Å²) in [5.41, 5.74) is 1.19. The minimum Gasteiger partial charge on any atom is -0.493 e. The second-order valence-corrected chi connectivity index (χ2v) is 4.93. The molecule has 0 amide bonds. The number of aryl methyl sites for hydroxylation is 1. The lowest BCUT2D eigenvalue weighted by molar-refractivity contribution is 0.355. The van der Waals surface area contributed by atoms with Gasteiger partial charge in [-0.1, -0.05) is 0 Å². The molecule has 0 N–H and O–H groups in total. The van der Waals surface area contributed by atoms with E-state index in [1.807, 2.05) is 12.1 Å². The summed E-state index contributed by atoms with van der Waals surface area (Å²) >= 11 is 0. The second kappa shape index (κ2) is 5.97. The minimum absolute atomic E-state index is 0.779. The average Bonchev–Trinajstić information content (AvgIpc) is 2.79. The zero-order valence-corrected chi connectivity index (χ0v) is 12.1.